The Morgan fingerprint density at radius 1 is 1.35 bits per heavy atom. The number of hydrogen-bond acceptors (Lipinski definition) is 3. The Hall–Kier alpha value is -1.10. The summed E-state index contributed by atoms with van der Waals surface area (Å²) in [7, 11) is 1.62. The van der Waals surface area contributed by atoms with Crippen LogP contribution in [0, 0.1) is 5.92 Å². The highest BCUT2D eigenvalue weighted by Gasteiger charge is 2.12. The molecule has 5 nitrogen and oxygen atoms in total. The third-order valence-electron chi connectivity index (χ3n) is 2.26. The molecule has 0 unspecified atom stereocenters. The molecule has 100 valence electrons. The molecule has 1 N–H and O–H groups in total. The topological polar surface area (TPSA) is 58.6 Å². The molecule has 0 aliphatic carbocycles. The third kappa shape index (κ3) is 8.68. The highest BCUT2D eigenvalue weighted by molar-refractivity contribution is 5.83. The lowest BCUT2D eigenvalue weighted by Crippen LogP contribution is -2.41. The van der Waals surface area contributed by atoms with Crippen LogP contribution in [-0.4, -0.2) is 50.1 Å². The van der Waals surface area contributed by atoms with Gasteiger partial charge in [-0.1, -0.05) is 13.8 Å². The molecule has 0 aromatic rings. The van der Waals surface area contributed by atoms with Crippen molar-refractivity contribution in [3.63, 3.8) is 0 Å². The van der Waals surface area contributed by atoms with E-state index in [0.717, 1.165) is 6.42 Å². The van der Waals surface area contributed by atoms with Crippen LogP contribution in [-0.2, 0) is 14.3 Å². The summed E-state index contributed by atoms with van der Waals surface area (Å²) in [6.07, 6.45) is 0.744. The van der Waals surface area contributed by atoms with Crippen LogP contribution in [0.1, 0.15) is 27.2 Å². The monoisotopic (exact) mass is 244 g/mol. The molecule has 0 heterocycles. The average molecular weight is 244 g/mol. The molecule has 0 fully saturated rings. The molecule has 17 heavy (non-hydrogen) atoms. The quantitative estimate of drug-likeness (QED) is 0.638. The molecule has 0 spiro atoms. The second-order valence-electron chi connectivity index (χ2n) is 4.48. The molecule has 2 amide bonds. The van der Waals surface area contributed by atoms with E-state index in [1.165, 1.54) is 11.8 Å². The van der Waals surface area contributed by atoms with Gasteiger partial charge in [-0.3, -0.25) is 9.59 Å². The van der Waals surface area contributed by atoms with Crippen LogP contribution >= 0.6 is 0 Å². The van der Waals surface area contributed by atoms with Crippen molar-refractivity contribution in [1.29, 1.82) is 0 Å². The van der Waals surface area contributed by atoms with Crippen molar-refractivity contribution in [3.8, 4) is 0 Å². The van der Waals surface area contributed by atoms with Gasteiger partial charge in [-0.05, 0) is 12.3 Å². The second kappa shape index (κ2) is 8.98. The molecule has 0 atom stereocenters. The van der Waals surface area contributed by atoms with E-state index in [1.807, 2.05) is 13.8 Å². The first kappa shape index (κ1) is 15.9. The Morgan fingerprint density at radius 2 is 2.00 bits per heavy atom. The van der Waals surface area contributed by atoms with Crippen molar-refractivity contribution >= 4 is 11.8 Å². The number of carbonyl (C=O) groups is 2. The molecule has 0 rings (SSSR count). The van der Waals surface area contributed by atoms with E-state index in [1.54, 1.807) is 7.11 Å². The summed E-state index contributed by atoms with van der Waals surface area (Å²) in [6.45, 7) is 7.45. The maximum Gasteiger partial charge on any atom is 0.239 e. The van der Waals surface area contributed by atoms with Crippen molar-refractivity contribution in [2.24, 2.45) is 5.92 Å². The predicted molar refractivity (Wildman–Crippen MR) is 66.6 cm³/mol. The molecule has 0 aromatic carbocycles. The van der Waals surface area contributed by atoms with Gasteiger partial charge in [0.1, 0.15) is 0 Å². The lowest BCUT2D eigenvalue weighted by atomic mass is 10.2. The first-order valence-corrected chi connectivity index (χ1v) is 5.98. The fourth-order valence-electron chi connectivity index (χ4n) is 1.29. The average Bonchev–Trinajstić information content (AvgIpc) is 2.25. The van der Waals surface area contributed by atoms with Crippen LogP contribution in [0.25, 0.3) is 0 Å². The van der Waals surface area contributed by atoms with Gasteiger partial charge < -0.3 is 15.0 Å². The summed E-state index contributed by atoms with van der Waals surface area (Å²) < 4.78 is 4.92. The van der Waals surface area contributed by atoms with E-state index in [9.17, 15) is 9.59 Å². The smallest absolute Gasteiger partial charge is 0.239 e. The second-order valence-corrected chi connectivity index (χ2v) is 4.48. The zero-order valence-electron chi connectivity index (χ0n) is 11.3. The number of nitrogens with one attached hydrogen (secondary N) is 1. The minimum absolute atomic E-state index is 0.0826. The minimum atomic E-state index is -0.105. The fourth-order valence-corrected chi connectivity index (χ4v) is 1.29. The molecule has 0 bridgehead atoms. The van der Waals surface area contributed by atoms with Crippen molar-refractivity contribution in [1.82, 2.24) is 10.2 Å². The SMILES string of the molecule is COCCCN(CC(=O)NCC(C)C)C(C)=O. The number of hydrogen-bond donors (Lipinski definition) is 1. The lowest BCUT2D eigenvalue weighted by molar-refractivity contribution is -0.134. The molecule has 0 radical (unpaired) electrons. The van der Waals surface area contributed by atoms with Gasteiger partial charge in [-0.2, -0.15) is 0 Å². The third-order valence-corrected chi connectivity index (χ3v) is 2.26. The largest absolute Gasteiger partial charge is 0.385 e. The Morgan fingerprint density at radius 3 is 2.47 bits per heavy atom. The number of nitrogens with zero attached hydrogens (tertiary/aromatic N) is 1. The zero-order chi connectivity index (χ0) is 13.3. The number of amides is 2. The number of ether oxygens (including phenoxy) is 1. The Kier molecular flexibility index (Phi) is 8.40. The first-order valence-electron chi connectivity index (χ1n) is 5.98. The number of methoxy groups -OCH3 is 1. The molecule has 5 heteroatoms. The summed E-state index contributed by atoms with van der Waals surface area (Å²) >= 11 is 0. The van der Waals surface area contributed by atoms with Gasteiger partial charge in [0, 0.05) is 33.7 Å². The highest BCUT2D eigenvalue weighted by atomic mass is 16.5. The van der Waals surface area contributed by atoms with Crippen LogP contribution in [0.15, 0.2) is 0 Å². The van der Waals surface area contributed by atoms with Crippen LogP contribution in [0.3, 0.4) is 0 Å². The van der Waals surface area contributed by atoms with E-state index in [2.05, 4.69) is 5.32 Å². The first-order chi connectivity index (χ1) is 7.97. The minimum Gasteiger partial charge on any atom is -0.385 e. The lowest BCUT2D eigenvalue weighted by Gasteiger charge is -2.20. The number of rotatable bonds is 8. The van der Waals surface area contributed by atoms with Crippen molar-refractivity contribution in [3.05, 3.63) is 0 Å². The summed E-state index contributed by atoms with van der Waals surface area (Å²) in [5.74, 6) is 0.227. The standard InChI is InChI=1S/C12H24N2O3/c1-10(2)8-13-12(16)9-14(11(3)15)6-5-7-17-4/h10H,5-9H2,1-4H3,(H,13,16). The van der Waals surface area contributed by atoms with Crippen LogP contribution < -0.4 is 5.32 Å². The molecular weight excluding hydrogens is 220 g/mol. The molecule has 0 saturated carbocycles. The van der Waals surface area contributed by atoms with E-state index < -0.39 is 0 Å². The maximum absolute atomic E-state index is 11.6. The van der Waals surface area contributed by atoms with Gasteiger partial charge in [-0.15, -0.1) is 0 Å². The van der Waals surface area contributed by atoms with Gasteiger partial charge in [-0.25, -0.2) is 0 Å². The van der Waals surface area contributed by atoms with E-state index in [0.29, 0.717) is 25.6 Å². The highest BCUT2D eigenvalue weighted by Crippen LogP contribution is 1.94. The molecule has 0 saturated heterocycles. The van der Waals surface area contributed by atoms with Gasteiger partial charge in [0.15, 0.2) is 0 Å². The molecule has 0 aliphatic rings. The maximum atomic E-state index is 11.6. The van der Waals surface area contributed by atoms with Gasteiger partial charge in [0.25, 0.3) is 0 Å². The summed E-state index contributed by atoms with van der Waals surface area (Å²) in [5.41, 5.74) is 0. The van der Waals surface area contributed by atoms with Crippen LogP contribution in [0.2, 0.25) is 0 Å². The van der Waals surface area contributed by atoms with Crippen molar-refractivity contribution < 1.29 is 14.3 Å². The predicted octanol–water partition coefficient (Wildman–Crippen LogP) is 0.644. The Bertz CT molecular complexity index is 242. The van der Waals surface area contributed by atoms with Crippen molar-refractivity contribution in [2.75, 3.05) is 33.4 Å². The van der Waals surface area contributed by atoms with Gasteiger partial charge in [0.2, 0.25) is 11.8 Å². The molecule has 0 aliphatic heterocycles. The van der Waals surface area contributed by atoms with E-state index >= 15 is 0 Å². The molecular formula is C12H24N2O3. The normalized spacial score (nSPS) is 10.4. The zero-order valence-corrected chi connectivity index (χ0v) is 11.3. The van der Waals surface area contributed by atoms with Crippen LogP contribution in [0.4, 0.5) is 0 Å². The number of carbonyl (C=O) groups excluding carboxylic acids is 2. The van der Waals surface area contributed by atoms with E-state index in [4.69, 9.17) is 4.74 Å². The summed E-state index contributed by atoms with van der Waals surface area (Å²) in [6, 6.07) is 0. The summed E-state index contributed by atoms with van der Waals surface area (Å²) in [4.78, 5) is 24.4. The summed E-state index contributed by atoms with van der Waals surface area (Å²) in [5, 5.41) is 2.79. The fraction of sp³-hybridized carbons (Fsp3) is 0.833. The Balaban J connectivity index is 3.98. The van der Waals surface area contributed by atoms with Gasteiger partial charge in [0.05, 0.1) is 6.54 Å². The Labute approximate surface area is 103 Å². The van der Waals surface area contributed by atoms with Crippen molar-refractivity contribution in [2.45, 2.75) is 27.2 Å². The van der Waals surface area contributed by atoms with Crippen LogP contribution in [0.5, 0.6) is 0 Å². The van der Waals surface area contributed by atoms with Gasteiger partial charge >= 0.3 is 0 Å². The van der Waals surface area contributed by atoms with E-state index in [-0.39, 0.29) is 18.4 Å². The molecule has 0 aromatic heterocycles.